The average molecular weight is 228 g/mol. The number of nitrogens with one attached hydrogen (secondary N) is 1. The van der Waals surface area contributed by atoms with Crippen molar-refractivity contribution < 1.29 is 19.2 Å². The Morgan fingerprint density at radius 3 is 3.12 bits per heavy atom. The lowest BCUT2D eigenvalue weighted by Crippen LogP contribution is -2.39. The lowest BCUT2D eigenvalue weighted by Gasteiger charge is -2.16. The van der Waals surface area contributed by atoms with E-state index in [2.05, 4.69) is 5.48 Å². The Morgan fingerprint density at radius 2 is 2.50 bits per heavy atom. The zero-order chi connectivity index (χ0) is 11.4. The largest absolute Gasteiger partial charge is 0.379 e. The first-order chi connectivity index (χ1) is 7.75. The quantitative estimate of drug-likeness (QED) is 0.655. The van der Waals surface area contributed by atoms with Gasteiger partial charge in [-0.05, 0) is 6.42 Å². The molecule has 2 saturated heterocycles. The van der Waals surface area contributed by atoms with Crippen LogP contribution in [0.3, 0.4) is 0 Å². The monoisotopic (exact) mass is 228 g/mol. The molecule has 2 rings (SSSR count). The number of carbonyl (C=O) groups excluding carboxylic acids is 2. The zero-order valence-corrected chi connectivity index (χ0v) is 9.11. The predicted octanol–water partition coefficient (Wildman–Crippen LogP) is -0.554. The summed E-state index contributed by atoms with van der Waals surface area (Å²) in [6, 6.07) is 0. The van der Waals surface area contributed by atoms with E-state index in [0.29, 0.717) is 26.2 Å². The summed E-state index contributed by atoms with van der Waals surface area (Å²) in [6.45, 7) is 1.94. The number of hydrogen-bond donors (Lipinski definition) is 1. The second kappa shape index (κ2) is 5.27. The number of rotatable bonds is 4. The van der Waals surface area contributed by atoms with E-state index in [-0.39, 0.29) is 24.5 Å². The Labute approximate surface area is 93.8 Å². The maximum Gasteiger partial charge on any atom is 0.263 e. The van der Waals surface area contributed by atoms with Gasteiger partial charge in [-0.15, -0.1) is 0 Å². The summed E-state index contributed by atoms with van der Waals surface area (Å²) >= 11 is 0. The van der Waals surface area contributed by atoms with E-state index in [1.54, 1.807) is 4.90 Å². The van der Waals surface area contributed by atoms with Gasteiger partial charge < -0.3 is 9.64 Å². The van der Waals surface area contributed by atoms with Crippen LogP contribution < -0.4 is 5.48 Å². The molecule has 90 valence electrons. The molecule has 2 amide bonds. The van der Waals surface area contributed by atoms with Crippen LogP contribution in [0.2, 0.25) is 0 Å². The molecule has 0 aliphatic carbocycles. The molecular formula is C10H16N2O4. The molecule has 1 atom stereocenters. The zero-order valence-electron chi connectivity index (χ0n) is 9.11. The minimum absolute atomic E-state index is 0.0411. The molecule has 6 nitrogen and oxygen atoms in total. The highest BCUT2D eigenvalue weighted by Crippen LogP contribution is 2.09. The fraction of sp³-hybridized carbons (Fsp3) is 0.800. The summed E-state index contributed by atoms with van der Waals surface area (Å²) in [6.07, 6.45) is 2.12. The van der Waals surface area contributed by atoms with Crippen LogP contribution in [0.1, 0.15) is 19.3 Å². The highest BCUT2D eigenvalue weighted by molar-refractivity contribution is 5.85. The number of carbonyl (C=O) groups is 2. The molecule has 1 unspecified atom stereocenters. The van der Waals surface area contributed by atoms with Crippen molar-refractivity contribution in [3.05, 3.63) is 0 Å². The van der Waals surface area contributed by atoms with Gasteiger partial charge in [0.25, 0.3) is 5.91 Å². The Balaban J connectivity index is 1.65. The molecule has 0 spiro atoms. The summed E-state index contributed by atoms with van der Waals surface area (Å²) in [7, 11) is 0. The number of amides is 2. The fourth-order valence-corrected chi connectivity index (χ4v) is 1.83. The summed E-state index contributed by atoms with van der Waals surface area (Å²) in [5.41, 5.74) is 2.36. The first-order valence-corrected chi connectivity index (χ1v) is 5.56. The van der Waals surface area contributed by atoms with Crippen molar-refractivity contribution in [2.24, 2.45) is 0 Å². The number of likely N-dealkylation sites (tertiary alicyclic amines) is 1. The van der Waals surface area contributed by atoms with Crippen LogP contribution in [0.15, 0.2) is 0 Å². The second-order valence-electron chi connectivity index (χ2n) is 4.05. The second-order valence-corrected chi connectivity index (χ2v) is 4.05. The molecule has 0 radical (unpaired) electrons. The van der Waals surface area contributed by atoms with E-state index >= 15 is 0 Å². The minimum atomic E-state index is -0.276. The molecule has 1 N–H and O–H groups in total. The molecule has 0 aromatic heterocycles. The summed E-state index contributed by atoms with van der Waals surface area (Å²) in [5, 5.41) is 0. The van der Waals surface area contributed by atoms with Crippen molar-refractivity contribution in [1.82, 2.24) is 10.4 Å². The van der Waals surface area contributed by atoms with Gasteiger partial charge in [-0.2, -0.15) is 0 Å². The molecule has 0 aromatic carbocycles. The third-order valence-electron chi connectivity index (χ3n) is 2.73. The van der Waals surface area contributed by atoms with Crippen LogP contribution >= 0.6 is 0 Å². The van der Waals surface area contributed by atoms with Crippen LogP contribution in [0, 0.1) is 0 Å². The maximum absolute atomic E-state index is 11.4. The lowest BCUT2D eigenvalue weighted by atomic mass is 10.3. The van der Waals surface area contributed by atoms with Gasteiger partial charge in [0.1, 0.15) is 12.6 Å². The van der Waals surface area contributed by atoms with Gasteiger partial charge in [-0.25, -0.2) is 5.48 Å². The molecule has 2 heterocycles. The van der Waals surface area contributed by atoms with E-state index in [9.17, 15) is 9.59 Å². The van der Waals surface area contributed by atoms with Gasteiger partial charge >= 0.3 is 0 Å². The molecule has 2 aliphatic heterocycles. The number of hydrogen-bond acceptors (Lipinski definition) is 4. The third kappa shape index (κ3) is 2.93. The molecule has 6 heteroatoms. The van der Waals surface area contributed by atoms with Crippen molar-refractivity contribution in [3.8, 4) is 0 Å². The molecule has 2 fully saturated rings. The topological polar surface area (TPSA) is 67.9 Å². The first-order valence-electron chi connectivity index (χ1n) is 5.56. The van der Waals surface area contributed by atoms with Gasteiger partial charge in [0.05, 0.1) is 6.61 Å². The molecule has 2 aliphatic rings. The third-order valence-corrected chi connectivity index (χ3v) is 2.73. The van der Waals surface area contributed by atoms with E-state index in [1.165, 1.54) is 0 Å². The minimum Gasteiger partial charge on any atom is -0.379 e. The Bertz CT molecular complexity index is 276. The Hall–Kier alpha value is -1.14. The van der Waals surface area contributed by atoms with Crippen molar-refractivity contribution in [2.75, 3.05) is 26.3 Å². The lowest BCUT2D eigenvalue weighted by molar-refractivity contribution is -0.143. The van der Waals surface area contributed by atoms with Crippen LogP contribution in [-0.2, 0) is 19.2 Å². The average Bonchev–Trinajstić information content (AvgIpc) is 2.88. The number of nitrogens with zero attached hydrogens (tertiary/aromatic N) is 1. The van der Waals surface area contributed by atoms with Crippen molar-refractivity contribution in [1.29, 1.82) is 0 Å². The van der Waals surface area contributed by atoms with Crippen LogP contribution in [0.4, 0.5) is 0 Å². The Kier molecular flexibility index (Phi) is 3.74. The molecule has 0 aromatic rings. The smallest absolute Gasteiger partial charge is 0.263 e. The Morgan fingerprint density at radius 1 is 1.62 bits per heavy atom. The van der Waals surface area contributed by atoms with Crippen molar-refractivity contribution in [2.45, 2.75) is 25.4 Å². The van der Waals surface area contributed by atoms with E-state index < -0.39 is 0 Å². The number of hydroxylamine groups is 1. The molecule has 16 heavy (non-hydrogen) atoms. The van der Waals surface area contributed by atoms with Crippen molar-refractivity contribution >= 4 is 11.8 Å². The summed E-state index contributed by atoms with van der Waals surface area (Å²) < 4.78 is 5.10. The maximum atomic E-state index is 11.4. The van der Waals surface area contributed by atoms with Crippen molar-refractivity contribution in [3.63, 3.8) is 0 Å². The van der Waals surface area contributed by atoms with E-state index in [0.717, 1.165) is 12.8 Å². The van der Waals surface area contributed by atoms with Gasteiger partial charge in [-0.3, -0.25) is 14.4 Å². The predicted molar refractivity (Wildman–Crippen MR) is 54.3 cm³/mol. The summed E-state index contributed by atoms with van der Waals surface area (Å²) in [4.78, 5) is 29.4. The standard InChI is InChI=1S/C10H16N2O4/c13-9(6-12-4-1-2-10(12)14)11-16-8-3-5-15-7-8/h8H,1-7H2,(H,11,13). The fourth-order valence-electron chi connectivity index (χ4n) is 1.83. The van der Waals surface area contributed by atoms with Crippen LogP contribution in [-0.4, -0.2) is 49.1 Å². The SMILES string of the molecule is O=C(CN1CCCC1=O)NOC1CCOC1. The van der Waals surface area contributed by atoms with Crippen LogP contribution in [0.25, 0.3) is 0 Å². The molecular weight excluding hydrogens is 212 g/mol. The van der Waals surface area contributed by atoms with Gasteiger partial charge in [-0.1, -0.05) is 0 Å². The number of ether oxygens (including phenoxy) is 1. The highest BCUT2D eigenvalue weighted by Gasteiger charge is 2.23. The van der Waals surface area contributed by atoms with E-state index in [1.807, 2.05) is 0 Å². The summed E-state index contributed by atoms with van der Waals surface area (Å²) in [5.74, 6) is -0.235. The van der Waals surface area contributed by atoms with Gasteiger partial charge in [0.15, 0.2) is 0 Å². The molecule has 0 saturated carbocycles. The van der Waals surface area contributed by atoms with Gasteiger partial charge in [0.2, 0.25) is 5.91 Å². The highest BCUT2D eigenvalue weighted by atomic mass is 16.7. The van der Waals surface area contributed by atoms with Gasteiger partial charge in [0, 0.05) is 26.0 Å². The first kappa shape index (κ1) is 11.3. The van der Waals surface area contributed by atoms with Crippen LogP contribution in [0.5, 0.6) is 0 Å². The normalized spacial score (nSPS) is 25.1. The van der Waals surface area contributed by atoms with E-state index in [4.69, 9.17) is 9.57 Å². The molecule has 0 bridgehead atoms.